The Morgan fingerprint density at radius 3 is 2.44 bits per heavy atom. The third-order valence-electron chi connectivity index (χ3n) is 7.72. The van der Waals surface area contributed by atoms with Gasteiger partial charge in [0.25, 0.3) is 5.91 Å². The number of pyridine rings is 1. The average molecular weight is 612 g/mol. The SMILES string of the molecule is CC(C)(C(=O)Nc1nnc(C(F)(F)F)s1)[C@H]1c2ccccc2Oc2nc(-c3ccc(C(=O)N4CCCC4)c(F)c3)ccc21. The highest BCUT2D eigenvalue weighted by atomic mass is 32.1. The molecule has 1 atom stereocenters. The van der Waals surface area contributed by atoms with E-state index in [0.717, 1.165) is 12.8 Å². The van der Waals surface area contributed by atoms with Gasteiger partial charge in [-0.2, -0.15) is 13.2 Å². The van der Waals surface area contributed by atoms with E-state index in [1.165, 1.54) is 12.1 Å². The minimum Gasteiger partial charge on any atom is -0.438 e. The lowest BCUT2D eigenvalue weighted by Gasteiger charge is -2.37. The van der Waals surface area contributed by atoms with Gasteiger partial charge in [-0.15, -0.1) is 10.2 Å². The molecule has 2 aromatic carbocycles. The van der Waals surface area contributed by atoms with Crippen LogP contribution < -0.4 is 10.1 Å². The zero-order chi connectivity index (χ0) is 30.5. The first-order chi connectivity index (χ1) is 20.4. The van der Waals surface area contributed by atoms with Crippen molar-refractivity contribution in [2.45, 2.75) is 38.8 Å². The molecule has 4 heterocycles. The quantitative estimate of drug-likeness (QED) is 0.247. The lowest BCUT2D eigenvalue weighted by atomic mass is 9.69. The number of benzene rings is 2. The fourth-order valence-corrected chi connectivity index (χ4v) is 6.10. The molecular weight excluding hydrogens is 586 g/mol. The van der Waals surface area contributed by atoms with Crippen molar-refractivity contribution in [3.63, 3.8) is 0 Å². The number of nitrogens with zero attached hydrogens (tertiary/aromatic N) is 4. The van der Waals surface area contributed by atoms with Crippen molar-refractivity contribution in [1.82, 2.24) is 20.1 Å². The summed E-state index contributed by atoms with van der Waals surface area (Å²) in [6.45, 7) is 4.56. The Hall–Kier alpha value is -4.39. The van der Waals surface area contributed by atoms with Crippen molar-refractivity contribution >= 4 is 28.3 Å². The number of anilines is 1. The number of halogens is 4. The van der Waals surface area contributed by atoms with Gasteiger partial charge in [-0.25, -0.2) is 9.37 Å². The van der Waals surface area contributed by atoms with E-state index in [1.807, 2.05) is 6.07 Å². The maximum atomic E-state index is 15.1. The molecular formula is C30H25F4N5O3S. The summed E-state index contributed by atoms with van der Waals surface area (Å²) in [5.41, 5.74) is 0.870. The summed E-state index contributed by atoms with van der Waals surface area (Å²) >= 11 is 0.242. The molecule has 1 N–H and O–H groups in total. The van der Waals surface area contributed by atoms with Gasteiger partial charge in [-0.3, -0.25) is 9.59 Å². The summed E-state index contributed by atoms with van der Waals surface area (Å²) in [6, 6.07) is 14.9. The minimum atomic E-state index is -4.68. The molecule has 1 saturated heterocycles. The first-order valence-corrected chi connectivity index (χ1v) is 14.3. The number of para-hydroxylation sites is 1. The number of carbonyl (C=O) groups is 2. The van der Waals surface area contributed by atoms with E-state index in [9.17, 15) is 22.8 Å². The van der Waals surface area contributed by atoms with Crippen molar-refractivity contribution in [3.05, 3.63) is 82.1 Å². The molecule has 43 heavy (non-hydrogen) atoms. The third kappa shape index (κ3) is 5.33. The molecule has 8 nitrogen and oxygen atoms in total. The van der Waals surface area contributed by atoms with Crippen LogP contribution in [0.15, 0.2) is 54.6 Å². The summed E-state index contributed by atoms with van der Waals surface area (Å²) in [6.07, 6.45) is -2.88. The summed E-state index contributed by atoms with van der Waals surface area (Å²) in [4.78, 5) is 32.6. The Morgan fingerprint density at radius 2 is 1.74 bits per heavy atom. The van der Waals surface area contributed by atoms with Crippen molar-refractivity contribution in [3.8, 4) is 22.9 Å². The number of hydrogen-bond donors (Lipinski definition) is 1. The normalized spacial score (nSPS) is 16.3. The van der Waals surface area contributed by atoms with Crippen molar-refractivity contribution < 1.29 is 31.9 Å². The van der Waals surface area contributed by atoms with Crippen LogP contribution in [0.3, 0.4) is 0 Å². The molecule has 0 unspecified atom stereocenters. The fourth-order valence-electron chi connectivity index (χ4n) is 5.49. The van der Waals surface area contributed by atoms with Gasteiger partial charge in [0, 0.05) is 35.7 Å². The molecule has 2 amide bonds. The third-order valence-corrected chi connectivity index (χ3v) is 8.60. The number of rotatable bonds is 5. The van der Waals surface area contributed by atoms with Crippen LogP contribution in [0.4, 0.5) is 22.7 Å². The topological polar surface area (TPSA) is 97.3 Å². The highest BCUT2D eigenvalue weighted by Gasteiger charge is 2.45. The lowest BCUT2D eigenvalue weighted by molar-refractivity contribution is -0.138. The Morgan fingerprint density at radius 1 is 1.00 bits per heavy atom. The van der Waals surface area contributed by atoms with E-state index in [-0.39, 0.29) is 33.8 Å². The molecule has 2 aliphatic rings. The summed E-state index contributed by atoms with van der Waals surface area (Å²) < 4.78 is 60.3. The van der Waals surface area contributed by atoms with Gasteiger partial charge < -0.3 is 15.0 Å². The molecule has 0 spiro atoms. The highest BCUT2D eigenvalue weighted by molar-refractivity contribution is 7.15. The number of fused-ring (bicyclic) bond motifs is 2. The largest absolute Gasteiger partial charge is 0.445 e. The number of ether oxygens (including phenoxy) is 1. The molecule has 222 valence electrons. The zero-order valence-corrected chi connectivity index (χ0v) is 23.9. The number of aromatic nitrogens is 3. The van der Waals surface area contributed by atoms with E-state index in [2.05, 4.69) is 20.5 Å². The van der Waals surface area contributed by atoms with Crippen LogP contribution in [0.25, 0.3) is 11.3 Å². The second kappa shape index (κ2) is 10.7. The molecule has 2 aliphatic heterocycles. The number of carbonyl (C=O) groups excluding carboxylic acids is 2. The summed E-state index contributed by atoms with van der Waals surface area (Å²) in [7, 11) is 0. The van der Waals surface area contributed by atoms with E-state index in [1.54, 1.807) is 55.1 Å². The molecule has 1 fully saturated rings. The van der Waals surface area contributed by atoms with Crippen LogP contribution in [0, 0.1) is 11.2 Å². The van der Waals surface area contributed by atoms with E-state index in [4.69, 9.17) is 4.74 Å². The van der Waals surface area contributed by atoms with E-state index < -0.39 is 34.2 Å². The number of likely N-dealkylation sites (tertiary alicyclic amines) is 1. The first kappa shape index (κ1) is 28.7. The van der Waals surface area contributed by atoms with Gasteiger partial charge in [0.15, 0.2) is 0 Å². The van der Waals surface area contributed by atoms with Gasteiger partial charge in [-0.1, -0.05) is 55.5 Å². The maximum Gasteiger partial charge on any atom is 0.445 e. The standard InChI is InChI=1S/C30H25F4N5O3S/c1-29(2,26(41)36-28-38-37-27(43-28)30(32,33)34)23-18-7-3-4-8-22(18)42-24-19(23)11-12-21(35-24)16-9-10-17(20(31)15-16)25(40)39-13-5-6-14-39/h3-4,7-12,15,23H,5-6,13-14H2,1-2H3,(H,36,38,41)/t23-/m0/s1. The number of alkyl halides is 3. The van der Waals surface area contributed by atoms with E-state index in [0.29, 0.717) is 41.2 Å². The molecule has 0 radical (unpaired) electrons. The number of amides is 2. The minimum absolute atomic E-state index is 0.000557. The van der Waals surface area contributed by atoms with Gasteiger partial charge >= 0.3 is 6.18 Å². The Labute approximate surface area is 247 Å². The highest BCUT2D eigenvalue weighted by Crippen LogP contribution is 2.52. The predicted octanol–water partition coefficient (Wildman–Crippen LogP) is 6.90. The average Bonchev–Trinajstić information content (AvgIpc) is 3.68. The lowest BCUT2D eigenvalue weighted by Crippen LogP contribution is -2.38. The van der Waals surface area contributed by atoms with E-state index >= 15 is 4.39 Å². The Bertz CT molecular complexity index is 1730. The zero-order valence-electron chi connectivity index (χ0n) is 23.0. The second-order valence-electron chi connectivity index (χ2n) is 10.9. The molecule has 13 heteroatoms. The molecule has 6 rings (SSSR count). The molecule has 0 saturated carbocycles. The molecule has 2 aromatic heterocycles. The smallest absolute Gasteiger partial charge is 0.438 e. The first-order valence-electron chi connectivity index (χ1n) is 13.5. The van der Waals surface area contributed by atoms with Crippen LogP contribution in [-0.2, 0) is 11.0 Å². The summed E-state index contributed by atoms with van der Waals surface area (Å²) in [5, 5.41) is 7.67. The van der Waals surface area contributed by atoms with Gasteiger partial charge in [0.05, 0.1) is 16.7 Å². The van der Waals surface area contributed by atoms with Crippen molar-refractivity contribution in [1.29, 1.82) is 0 Å². The number of nitrogens with one attached hydrogen (secondary N) is 1. The Kier molecular flexibility index (Phi) is 7.15. The van der Waals surface area contributed by atoms with Crippen LogP contribution in [-0.4, -0.2) is 45.0 Å². The fraction of sp³-hybridized carbons (Fsp3) is 0.300. The van der Waals surface area contributed by atoms with Crippen molar-refractivity contribution in [2.24, 2.45) is 5.41 Å². The van der Waals surface area contributed by atoms with Gasteiger partial charge in [0.1, 0.15) is 11.6 Å². The monoisotopic (exact) mass is 611 g/mol. The van der Waals surface area contributed by atoms with Crippen LogP contribution in [0.2, 0.25) is 0 Å². The molecule has 0 bridgehead atoms. The summed E-state index contributed by atoms with van der Waals surface area (Å²) in [5.74, 6) is -1.52. The van der Waals surface area contributed by atoms with Crippen LogP contribution >= 0.6 is 11.3 Å². The maximum absolute atomic E-state index is 15.1. The second-order valence-corrected chi connectivity index (χ2v) is 11.9. The van der Waals surface area contributed by atoms with Crippen LogP contribution in [0.5, 0.6) is 11.6 Å². The number of hydrogen-bond acceptors (Lipinski definition) is 7. The molecule has 0 aliphatic carbocycles. The molecule has 4 aromatic rings. The predicted molar refractivity (Wildman–Crippen MR) is 150 cm³/mol. The Balaban J connectivity index is 1.32. The van der Waals surface area contributed by atoms with Gasteiger partial charge in [0.2, 0.25) is 21.9 Å². The van der Waals surface area contributed by atoms with Gasteiger partial charge in [-0.05, 0) is 37.1 Å². The van der Waals surface area contributed by atoms with Crippen molar-refractivity contribution in [2.75, 3.05) is 18.4 Å². The van der Waals surface area contributed by atoms with Crippen LogP contribution in [0.1, 0.15) is 59.1 Å².